The van der Waals surface area contributed by atoms with Gasteiger partial charge in [0.15, 0.2) is 0 Å². The van der Waals surface area contributed by atoms with E-state index < -0.39 is 21.9 Å². The number of aromatic amines is 1. The molecule has 1 aromatic carbocycles. The van der Waals surface area contributed by atoms with Gasteiger partial charge in [-0.2, -0.15) is 4.31 Å². The van der Waals surface area contributed by atoms with E-state index in [-0.39, 0.29) is 24.0 Å². The first-order valence-electron chi connectivity index (χ1n) is 9.64. The predicted molar refractivity (Wildman–Crippen MR) is 109 cm³/mol. The number of hydrogen-bond donors (Lipinski definition) is 2. The number of benzene rings is 1. The molecule has 1 unspecified atom stereocenters. The van der Waals surface area contributed by atoms with Crippen LogP contribution in [0.3, 0.4) is 0 Å². The number of H-pyrrole nitrogens is 1. The summed E-state index contributed by atoms with van der Waals surface area (Å²) in [6, 6.07) is 7.03. The number of rotatable bonds is 4. The smallest absolute Gasteiger partial charge is 0.246 e. The Hall–Kier alpha value is -2.82. The van der Waals surface area contributed by atoms with E-state index in [1.807, 2.05) is 10.6 Å². The van der Waals surface area contributed by atoms with Crippen LogP contribution in [-0.2, 0) is 10.0 Å². The van der Waals surface area contributed by atoms with Crippen LogP contribution in [-0.4, -0.2) is 50.4 Å². The van der Waals surface area contributed by atoms with E-state index in [0.29, 0.717) is 23.4 Å². The molecule has 4 aromatic rings. The van der Waals surface area contributed by atoms with Crippen molar-refractivity contribution in [3.05, 3.63) is 54.4 Å². The number of pyridine rings is 1. The van der Waals surface area contributed by atoms with Gasteiger partial charge in [0, 0.05) is 24.7 Å². The molecular formula is C20H20FN5O3S. The van der Waals surface area contributed by atoms with Crippen molar-refractivity contribution in [1.82, 2.24) is 23.8 Å². The number of nitrogens with zero attached hydrogens (tertiary/aromatic N) is 4. The summed E-state index contributed by atoms with van der Waals surface area (Å²) in [7, 11) is -3.97. The summed E-state index contributed by atoms with van der Waals surface area (Å²) in [5.41, 5.74) is 2.12. The number of aromatic nitrogens is 4. The summed E-state index contributed by atoms with van der Waals surface area (Å²) in [6.45, 7) is 2.04. The van der Waals surface area contributed by atoms with E-state index in [4.69, 9.17) is 0 Å². The molecule has 156 valence electrons. The van der Waals surface area contributed by atoms with Gasteiger partial charge in [-0.3, -0.25) is 0 Å². The van der Waals surface area contributed by atoms with Crippen LogP contribution in [0.5, 0.6) is 0 Å². The van der Waals surface area contributed by atoms with Crippen molar-refractivity contribution >= 4 is 32.1 Å². The van der Waals surface area contributed by atoms with Crippen molar-refractivity contribution in [1.29, 1.82) is 0 Å². The van der Waals surface area contributed by atoms with E-state index >= 15 is 0 Å². The zero-order valence-corrected chi connectivity index (χ0v) is 17.0. The lowest BCUT2D eigenvalue weighted by atomic mass is 10.2. The van der Waals surface area contributed by atoms with Crippen molar-refractivity contribution in [3.63, 3.8) is 0 Å². The SMILES string of the molecule is C[C@@H](O)c1nc2cnc3[nH]ccc3c2n1C1CCN(S(=O)(=O)c2ccccc2F)C1. The van der Waals surface area contributed by atoms with E-state index in [1.165, 1.54) is 22.5 Å². The lowest BCUT2D eigenvalue weighted by Crippen LogP contribution is -2.30. The minimum atomic E-state index is -3.97. The van der Waals surface area contributed by atoms with Crippen molar-refractivity contribution < 1.29 is 17.9 Å². The molecule has 1 saturated heterocycles. The number of hydrogen-bond acceptors (Lipinski definition) is 5. The molecule has 0 amide bonds. The Morgan fingerprint density at radius 3 is 2.87 bits per heavy atom. The number of fused-ring (bicyclic) bond motifs is 3. The first kappa shape index (κ1) is 19.2. The molecule has 5 rings (SSSR count). The van der Waals surface area contributed by atoms with Gasteiger partial charge in [-0.15, -0.1) is 0 Å². The third kappa shape index (κ3) is 2.83. The fourth-order valence-corrected chi connectivity index (χ4v) is 5.76. The third-order valence-electron chi connectivity index (χ3n) is 5.58. The van der Waals surface area contributed by atoms with Gasteiger partial charge in [0.2, 0.25) is 10.0 Å². The highest BCUT2D eigenvalue weighted by Gasteiger charge is 2.36. The molecule has 2 N–H and O–H groups in total. The maximum atomic E-state index is 14.2. The van der Waals surface area contributed by atoms with E-state index in [9.17, 15) is 17.9 Å². The summed E-state index contributed by atoms with van der Waals surface area (Å²) in [5, 5.41) is 11.2. The van der Waals surface area contributed by atoms with Gasteiger partial charge < -0.3 is 14.7 Å². The Morgan fingerprint density at radius 1 is 1.30 bits per heavy atom. The quantitative estimate of drug-likeness (QED) is 0.519. The minimum Gasteiger partial charge on any atom is -0.385 e. The molecule has 0 radical (unpaired) electrons. The summed E-state index contributed by atoms with van der Waals surface area (Å²) >= 11 is 0. The maximum absolute atomic E-state index is 14.2. The van der Waals surface area contributed by atoms with Crippen LogP contribution in [0.15, 0.2) is 47.6 Å². The second-order valence-electron chi connectivity index (χ2n) is 7.48. The summed E-state index contributed by atoms with van der Waals surface area (Å²) in [6.07, 6.45) is 3.09. The molecule has 3 aromatic heterocycles. The van der Waals surface area contributed by atoms with Crippen LogP contribution in [0, 0.1) is 5.82 Å². The monoisotopic (exact) mass is 429 g/mol. The number of aliphatic hydroxyl groups excluding tert-OH is 1. The van der Waals surface area contributed by atoms with Gasteiger partial charge in [0.25, 0.3) is 0 Å². The van der Waals surface area contributed by atoms with Crippen molar-refractivity contribution in [3.8, 4) is 0 Å². The Balaban J connectivity index is 1.60. The van der Waals surface area contributed by atoms with Crippen molar-refractivity contribution in [2.75, 3.05) is 13.1 Å². The molecule has 0 bridgehead atoms. The molecule has 4 heterocycles. The highest BCUT2D eigenvalue weighted by atomic mass is 32.2. The van der Waals surface area contributed by atoms with E-state index in [2.05, 4.69) is 15.0 Å². The van der Waals surface area contributed by atoms with Gasteiger partial charge >= 0.3 is 0 Å². The Bertz CT molecular complexity index is 1360. The highest BCUT2D eigenvalue weighted by Crippen LogP contribution is 2.35. The van der Waals surface area contributed by atoms with Gasteiger partial charge in [0.05, 0.1) is 17.8 Å². The fourth-order valence-electron chi connectivity index (χ4n) is 4.21. The lowest BCUT2D eigenvalue weighted by Gasteiger charge is -2.20. The Labute approximate surface area is 172 Å². The van der Waals surface area contributed by atoms with Crippen LogP contribution in [0.4, 0.5) is 4.39 Å². The number of imidazole rings is 1. The average molecular weight is 429 g/mol. The number of halogens is 1. The van der Waals surface area contributed by atoms with Gasteiger partial charge in [-0.1, -0.05) is 12.1 Å². The van der Waals surface area contributed by atoms with Crippen molar-refractivity contribution in [2.24, 2.45) is 0 Å². The fraction of sp³-hybridized carbons (Fsp3) is 0.300. The molecule has 8 nitrogen and oxygen atoms in total. The largest absolute Gasteiger partial charge is 0.385 e. The number of nitrogens with one attached hydrogen (secondary N) is 1. The van der Waals surface area contributed by atoms with E-state index in [1.54, 1.807) is 19.3 Å². The Morgan fingerprint density at radius 2 is 2.10 bits per heavy atom. The Kier molecular flexibility index (Phi) is 4.38. The molecule has 10 heteroatoms. The summed E-state index contributed by atoms with van der Waals surface area (Å²) < 4.78 is 43.4. The zero-order chi connectivity index (χ0) is 21.0. The molecule has 1 aliphatic rings. The average Bonchev–Trinajstić information content (AvgIpc) is 3.44. The van der Waals surface area contributed by atoms with Crippen LogP contribution < -0.4 is 0 Å². The molecule has 0 aliphatic carbocycles. The predicted octanol–water partition coefficient (Wildman–Crippen LogP) is 2.74. The van der Waals surface area contributed by atoms with Gasteiger partial charge in [0.1, 0.15) is 33.8 Å². The molecule has 2 atom stereocenters. The zero-order valence-electron chi connectivity index (χ0n) is 16.2. The van der Waals surface area contributed by atoms with Crippen LogP contribution >= 0.6 is 0 Å². The highest BCUT2D eigenvalue weighted by molar-refractivity contribution is 7.89. The van der Waals surface area contributed by atoms with Crippen LogP contribution in [0.25, 0.3) is 22.1 Å². The molecule has 1 fully saturated rings. The number of aliphatic hydroxyl groups is 1. The second-order valence-corrected chi connectivity index (χ2v) is 9.39. The first-order valence-corrected chi connectivity index (χ1v) is 11.1. The third-order valence-corrected chi connectivity index (χ3v) is 7.48. The van der Waals surface area contributed by atoms with Crippen LogP contribution in [0.2, 0.25) is 0 Å². The lowest BCUT2D eigenvalue weighted by molar-refractivity contribution is 0.182. The molecule has 30 heavy (non-hydrogen) atoms. The molecule has 0 spiro atoms. The molecule has 1 aliphatic heterocycles. The normalized spacial score (nSPS) is 19.1. The number of sulfonamides is 1. The van der Waals surface area contributed by atoms with Crippen LogP contribution in [0.1, 0.15) is 31.3 Å². The second kappa shape index (κ2) is 6.86. The summed E-state index contributed by atoms with van der Waals surface area (Å²) in [5.74, 6) is -0.311. The van der Waals surface area contributed by atoms with Gasteiger partial charge in [-0.05, 0) is 31.5 Å². The van der Waals surface area contributed by atoms with Gasteiger partial charge in [-0.25, -0.2) is 22.8 Å². The summed E-state index contributed by atoms with van der Waals surface area (Å²) in [4.78, 5) is 11.6. The topological polar surface area (TPSA) is 104 Å². The standard InChI is InChI=1S/C20H20FN5O3S/c1-12(27)20-24-16-10-23-19-14(6-8-22-19)18(16)26(20)13-7-9-25(11-13)30(28,29)17-5-3-2-4-15(17)21/h2-6,8,10,12-13,27H,7,9,11H2,1H3,(H,22,23)/t12-,13?/m1/s1. The minimum absolute atomic E-state index is 0.163. The van der Waals surface area contributed by atoms with E-state index in [0.717, 1.165) is 17.0 Å². The molecule has 0 saturated carbocycles. The molecular weight excluding hydrogens is 409 g/mol. The first-order chi connectivity index (χ1) is 14.4. The van der Waals surface area contributed by atoms with Crippen molar-refractivity contribution in [2.45, 2.75) is 30.4 Å². The maximum Gasteiger partial charge on any atom is 0.246 e.